The van der Waals surface area contributed by atoms with Gasteiger partial charge in [0.2, 0.25) is 0 Å². The maximum absolute atomic E-state index is 3.58. The molecular formula is C15H18BrNS2. The number of halogens is 1. The zero-order chi connectivity index (χ0) is 13.5. The van der Waals surface area contributed by atoms with Crippen molar-refractivity contribution in [2.45, 2.75) is 24.3 Å². The SMILES string of the molecule is CCNC(CSc1cccc(Br)c1)Cc1cccs1. The molecule has 0 spiro atoms. The lowest BCUT2D eigenvalue weighted by Gasteiger charge is -2.16. The maximum atomic E-state index is 3.58. The van der Waals surface area contributed by atoms with Gasteiger partial charge in [0.1, 0.15) is 0 Å². The molecule has 1 aromatic carbocycles. The van der Waals surface area contributed by atoms with E-state index in [1.165, 1.54) is 9.77 Å². The second-order valence-electron chi connectivity index (χ2n) is 4.31. The lowest BCUT2D eigenvalue weighted by Crippen LogP contribution is -2.32. The first kappa shape index (κ1) is 15.1. The minimum absolute atomic E-state index is 0.535. The third-order valence-electron chi connectivity index (χ3n) is 2.77. The van der Waals surface area contributed by atoms with Crippen LogP contribution in [0.3, 0.4) is 0 Å². The Morgan fingerprint density at radius 2 is 2.21 bits per heavy atom. The van der Waals surface area contributed by atoms with E-state index >= 15 is 0 Å². The third kappa shape index (κ3) is 5.30. The van der Waals surface area contributed by atoms with Crippen LogP contribution in [0.5, 0.6) is 0 Å². The quantitative estimate of drug-likeness (QED) is 0.714. The average Bonchev–Trinajstić information content (AvgIpc) is 2.89. The van der Waals surface area contributed by atoms with Gasteiger partial charge >= 0.3 is 0 Å². The molecule has 0 fully saturated rings. The lowest BCUT2D eigenvalue weighted by molar-refractivity contribution is 0.576. The Hall–Kier alpha value is -0.290. The normalized spacial score (nSPS) is 12.5. The van der Waals surface area contributed by atoms with Gasteiger partial charge in [-0.05, 0) is 42.6 Å². The number of likely N-dealkylation sites (N-methyl/N-ethyl adjacent to an activating group) is 1. The van der Waals surface area contributed by atoms with Crippen LogP contribution in [0.1, 0.15) is 11.8 Å². The Morgan fingerprint density at radius 1 is 1.32 bits per heavy atom. The van der Waals surface area contributed by atoms with Crippen molar-refractivity contribution in [3.8, 4) is 0 Å². The molecule has 102 valence electrons. The molecule has 2 aromatic rings. The van der Waals surface area contributed by atoms with E-state index in [0.29, 0.717) is 6.04 Å². The van der Waals surface area contributed by atoms with Crippen molar-refractivity contribution in [2.24, 2.45) is 0 Å². The van der Waals surface area contributed by atoms with E-state index in [2.05, 4.69) is 69.9 Å². The van der Waals surface area contributed by atoms with Crippen LogP contribution in [-0.2, 0) is 6.42 Å². The summed E-state index contributed by atoms with van der Waals surface area (Å²) in [5.74, 6) is 1.10. The van der Waals surface area contributed by atoms with E-state index < -0.39 is 0 Å². The van der Waals surface area contributed by atoms with Gasteiger partial charge in [-0.2, -0.15) is 0 Å². The summed E-state index contributed by atoms with van der Waals surface area (Å²) in [6, 6.07) is 13.4. The van der Waals surface area contributed by atoms with Crippen LogP contribution < -0.4 is 5.32 Å². The number of nitrogens with one attached hydrogen (secondary N) is 1. The van der Waals surface area contributed by atoms with Crippen LogP contribution >= 0.6 is 39.0 Å². The fraction of sp³-hybridized carbons (Fsp3) is 0.333. The summed E-state index contributed by atoms with van der Waals surface area (Å²) in [6.45, 7) is 3.19. The number of thiophene rings is 1. The molecule has 1 heterocycles. The highest BCUT2D eigenvalue weighted by atomic mass is 79.9. The number of benzene rings is 1. The minimum Gasteiger partial charge on any atom is -0.313 e. The van der Waals surface area contributed by atoms with Crippen LogP contribution in [0.15, 0.2) is 51.1 Å². The van der Waals surface area contributed by atoms with E-state index in [4.69, 9.17) is 0 Å². The zero-order valence-electron chi connectivity index (χ0n) is 10.9. The number of rotatable bonds is 7. The molecule has 1 nitrogen and oxygen atoms in total. The van der Waals surface area contributed by atoms with Crippen molar-refractivity contribution in [3.05, 3.63) is 51.1 Å². The van der Waals surface area contributed by atoms with Crippen LogP contribution in [0.25, 0.3) is 0 Å². The van der Waals surface area contributed by atoms with Gasteiger partial charge < -0.3 is 5.32 Å². The molecule has 19 heavy (non-hydrogen) atoms. The molecule has 1 unspecified atom stereocenters. The minimum atomic E-state index is 0.535. The predicted octanol–water partition coefficient (Wildman–Crippen LogP) is 4.82. The summed E-state index contributed by atoms with van der Waals surface area (Å²) >= 11 is 7.28. The summed E-state index contributed by atoms with van der Waals surface area (Å²) < 4.78 is 1.15. The third-order valence-corrected chi connectivity index (χ3v) is 5.32. The fourth-order valence-corrected chi connectivity index (χ4v) is 4.26. The van der Waals surface area contributed by atoms with Gasteiger partial charge in [0.05, 0.1) is 0 Å². The van der Waals surface area contributed by atoms with E-state index in [1.807, 2.05) is 23.1 Å². The molecule has 4 heteroatoms. The van der Waals surface area contributed by atoms with Crippen molar-refractivity contribution in [1.29, 1.82) is 0 Å². The van der Waals surface area contributed by atoms with Crippen LogP contribution in [0.2, 0.25) is 0 Å². The van der Waals surface area contributed by atoms with Gasteiger partial charge in [-0.1, -0.05) is 35.0 Å². The van der Waals surface area contributed by atoms with Crippen LogP contribution in [0.4, 0.5) is 0 Å². The van der Waals surface area contributed by atoms with Crippen LogP contribution in [-0.4, -0.2) is 18.3 Å². The molecule has 0 aliphatic carbocycles. The fourth-order valence-electron chi connectivity index (χ4n) is 1.90. The van der Waals surface area contributed by atoms with E-state index in [9.17, 15) is 0 Å². The molecule has 2 rings (SSSR count). The summed E-state index contributed by atoms with van der Waals surface area (Å²) in [5, 5.41) is 5.73. The molecule has 0 saturated heterocycles. The smallest absolute Gasteiger partial charge is 0.0209 e. The summed E-state index contributed by atoms with van der Waals surface area (Å²) in [7, 11) is 0. The standard InChI is InChI=1S/C15H18BrNS2/c1-2-17-13(10-15-7-4-8-18-15)11-19-14-6-3-5-12(16)9-14/h3-9,13,17H,2,10-11H2,1H3. The molecule has 0 aliphatic rings. The van der Waals surface area contributed by atoms with Gasteiger partial charge in [0, 0.05) is 26.0 Å². The van der Waals surface area contributed by atoms with Gasteiger partial charge in [0.15, 0.2) is 0 Å². The highest BCUT2D eigenvalue weighted by Gasteiger charge is 2.10. The number of hydrogen-bond donors (Lipinski definition) is 1. The van der Waals surface area contributed by atoms with E-state index in [-0.39, 0.29) is 0 Å². The second kappa shape index (κ2) is 8.10. The van der Waals surface area contributed by atoms with Crippen molar-refractivity contribution < 1.29 is 0 Å². The van der Waals surface area contributed by atoms with Gasteiger partial charge in [0.25, 0.3) is 0 Å². The molecule has 1 atom stereocenters. The first-order valence-corrected chi connectivity index (χ1v) is 9.08. The number of hydrogen-bond acceptors (Lipinski definition) is 3. The Balaban J connectivity index is 1.89. The molecule has 0 saturated carbocycles. The molecule has 0 radical (unpaired) electrons. The average molecular weight is 356 g/mol. The molecule has 0 aliphatic heterocycles. The monoisotopic (exact) mass is 355 g/mol. The van der Waals surface area contributed by atoms with Crippen molar-refractivity contribution in [2.75, 3.05) is 12.3 Å². The highest BCUT2D eigenvalue weighted by molar-refractivity contribution is 9.10. The lowest BCUT2D eigenvalue weighted by atomic mass is 10.2. The molecule has 1 aromatic heterocycles. The number of thioether (sulfide) groups is 1. The van der Waals surface area contributed by atoms with E-state index in [1.54, 1.807) is 0 Å². The second-order valence-corrected chi connectivity index (χ2v) is 7.35. The van der Waals surface area contributed by atoms with Crippen molar-refractivity contribution >= 4 is 39.0 Å². The first-order chi connectivity index (χ1) is 9.28. The summed E-state index contributed by atoms with van der Waals surface area (Å²) in [5.41, 5.74) is 0. The molecular weight excluding hydrogens is 338 g/mol. The Morgan fingerprint density at radius 3 is 2.89 bits per heavy atom. The largest absolute Gasteiger partial charge is 0.313 e. The van der Waals surface area contributed by atoms with Crippen LogP contribution in [0, 0.1) is 0 Å². The predicted molar refractivity (Wildman–Crippen MR) is 90.4 cm³/mol. The molecule has 0 bridgehead atoms. The Kier molecular flexibility index (Phi) is 6.44. The summed E-state index contributed by atoms with van der Waals surface area (Å²) in [4.78, 5) is 2.78. The highest BCUT2D eigenvalue weighted by Crippen LogP contribution is 2.23. The van der Waals surface area contributed by atoms with Crippen molar-refractivity contribution in [3.63, 3.8) is 0 Å². The van der Waals surface area contributed by atoms with E-state index in [0.717, 1.165) is 23.2 Å². The summed E-state index contributed by atoms with van der Waals surface area (Å²) in [6.07, 6.45) is 1.12. The molecule has 0 amide bonds. The van der Waals surface area contributed by atoms with Gasteiger partial charge in [-0.25, -0.2) is 0 Å². The zero-order valence-corrected chi connectivity index (χ0v) is 14.2. The maximum Gasteiger partial charge on any atom is 0.0209 e. The first-order valence-electron chi connectivity index (χ1n) is 6.42. The Bertz CT molecular complexity index is 485. The molecule has 1 N–H and O–H groups in total. The topological polar surface area (TPSA) is 12.0 Å². The van der Waals surface area contributed by atoms with Gasteiger partial charge in [-0.3, -0.25) is 0 Å². The van der Waals surface area contributed by atoms with Gasteiger partial charge in [-0.15, -0.1) is 23.1 Å². The van der Waals surface area contributed by atoms with Crippen molar-refractivity contribution in [1.82, 2.24) is 5.32 Å². The Labute approximate surface area is 131 Å².